The Bertz CT molecular complexity index is 228. The molecule has 62 valence electrons. The maximum atomic E-state index is 9.42. The lowest BCUT2D eigenvalue weighted by molar-refractivity contribution is 0.177. The molecule has 0 spiro atoms. The van der Waals surface area contributed by atoms with Crippen molar-refractivity contribution >= 4 is 33.9 Å². The second-order valence-corrected chi connectivity index (χ2v) is 5.03. The fraction of sp³-hybridized carbons (Fsp3) is 0.500. The zero-order valence-corrected chi connectivity index (χ0v) is 9.02. The number of thiazole rings is 1. The van der Waals surface area contributed by atoms with Gasteiger partial charge in [0.15, 0.2) is 0 Å². The SMILES string of the molecule is CNCC(O)c1ncc(I)s1. The Morgan fingerprint density at radius 3 is 3.09 bits per heavy atom. The summed E-state index contributed by atoms with van der Waals surface area (Å²) >= 11 is 3.71. The first-order valence-electron chi connectivity index (χ1n) is 3.18. The molecule has 1 aromatic heterocycles. The van der Waals surface area contributed by atoms with E-state index in [0.717, 1.165) is 7.89 Å². The highest BCUT2D eigenvalue weighted by Gasteiger charge is 2.09. The number of nitrogens with zero attached hydrogens (tertiary/aromatic N) is 1. The summed E-state index contributed by atoms with van der Waals surface area (Å²) in [6, 6.07) is 0. The van der Waals surface area contributed by atoms with Gasteiger partial charge in [0, 0.05) is 6.54 Å². The van der Waals surface area contributed by atoms with Gasteiger partial charge in [0.2, 0.25) is 0 Å². The molecule has 1 unspecified atom stereocenters. The topological polar surface area (TPSA) is 45.1 Å². The molecule has 0 saturated carbocycles. The number of aliphatic hydroxyl groups is 1. The summed E-state index contributed by atoms with van der Waals surface area (Å²) in [4.78, 5) is 4.06. The standard InChI is InChI=1S/C6H9IN2OS/c1-8-2-4(10)6-9-3-5(7)11-6/h3-4,8,10H,2H2,1H3. The van der Waals surface area contributed by atoms with E-state index in [4.69, 9.17) is 0 Å². The molecule has 2 N–H and O–H groups in total. The molecule has 1 aromatic rings. The van der Waals surface area contributed by atoms with Gasteiger partial charge in [-0.15, -0.1) is 11.3 Å². The number of aromatic nitrogens is 1. The zero-order chi connectivity index (χ0) is 8.27. The van der Waals surface area contributed by atoms with Crippen LogP contribution in [0.1, 0.15) is 11.1 Å². The van der Waals surface area contributed by atoms with Crippen LogP contribution in [-0.2, 0) is 0 Å². The van der Waals surface area contributed by atoms with E-state index < -0.39 is 6.10 Å². The number of aliphatic hydroxyl groups excluding tert-OH is 1. The number of likely N-dealkylation sites (N-methyl/N-ethyl adjacent to an activating group) is 1. The summed E-state index contributed by atoms with van der Waals surface area (Å²) in [5.74, 6) is 0. The summed E-state index contributed by atoms with van der Waals surface area (Å²) in [6.45, 7) is 0.559. The minimum atomic E-state index is -0.464. The monoisotopic (exact) mass is 284 g/mol. The van der Waals surface area contributed by atoms with Crippen LogP contribution in [0.4, 0.5) is 0 Å². The van der Waals surface area contributed by atoms with E-state index >= 15 is 0 Å². The first-order valence-corrected chi connectivity index (χ1v) is 5.07. The second-order valence-electron chi connectivity index (χ2n) is 2.08. The van der Waals surface area contributed by atoms with E-state index in [1.165, 1.54) is 11.3 Å². The van der Waals surface area contributed by atoms with Gasteiger partial charge in [-0.2, -0.15) is 0 Å². The Balaban J connectivity index is 2.60. The maximum absolute atomic E-state index is 9.42. The molecule has 1 heterocycles. The molecule has 1 atom stereocenters. The summed E-state index contributed by atoms with van der Waals surface area (Å²) in [6.07, 6.45) is 1.30. The first kappa shape index (κ1) is 9.37. The molecule has 11 heavy (non-hydrogen) atoms. The van der Waals surface area contributed by atoms with E-state index in [1.807, 2.05) is 7.05 Å². The normalized spacial score (nSPS) is 13.4. The van der Waals surface area contributed by atoms with Gasteiger partial charge in [-0.05, 0) is 29.6 Å². The molecule has 0 aromatic carbocycles. The summed E-state index contributed by atoms with van der Waals surface area (Å²) in [5.41, 5.74) is 0. The van der Waals surface area contributed by atoms with Crippen LogP contribution in [0.25, 0.3) is 0 Å². The first-order chi connectivity index (χ1) is 5.24. The third-order valence-corrected chi connectivity index (χ3v) is 3.00. The van der Waals surface area contributed by atoms with Gasteiger partial charge in [-0.3, -0.25) is 0 Å². The van der Waals surface area contributed by atoms with E-state index in [9.17, 15) is 5.11 Å². The van der Waals surface area contributed by atoms with Gasteiger partial charge in [-0.25, -0.2) is 4.98 Å². The van der Waals surface area contributed by atoms with Crippen molar-refractivity contribution in [3.05, 3.63) is 14.1 Å². The molecule has 0 aliphatic heterocycles. The van der Waals surface area contributed by atoms with Crippen LogP contribution >= 0.6 is 33.9 Å². The Morgan fingerprint density at radius 2 is 2.64 bits per heavy atom. The Hall–Kier alpha value is 0.280. The molecule has 0 fully saturated rings. The van der Waals surface area contributed by atoms with Crippen LogP contribution in [0.5, 0.6) is 0 Å². The predicted molar refractivity (Wildman–Crippen MR) is 53.7 cm³/mol. The minimum Gasteiger partial charge on any atom is -0.385 e. The fourth-order valence-electron chi connectivity index (χ4n) is 0.702. The van der Waals surface area contributed by atoms with Gasteiger partial charge in [0.05, 0.1) is 9.08 Å². The van der Waals surface area contributed by atoms with E-state index in [0.29, 0.717) is 6.54 Å². The van der Waals surface area contributed by atoms with Gasteiger partial charge >= 0.3 is 0 Å². The summed E-state index contributed by atoms with van der Waals surface area (Å²) in [7, 11) is 1.81. The highest BCUT2D eigenvalue weighted by Crippen LogP contribution is 2.20. The quantitative estimate of drug-likeness (QED) is 0.814. The van der Waals surface area contributed by atoms with E-state index in [2.05, 4.69) is 32.9 Å². The number of hydrogen-bond donors (Lipinski definition) is 2. The van der Waals surface area contributed by atoms with Crippen LogP contribution in [0.2, 0.25) is 0 Å². The number of nitrogens with one attached hydrogen (secondary N) is 1. The highest BCUT2D eigenvalue weighted by atomic mass is 127. The molecule has 0 aliphatic rings. The zero-order valence-electron chi connectivity index (χ0n) is 6.04. The second kappa shape index (κ2) is 4.34. The van der Waals surface area contributed by atoms with Crippen molar-refractivity contribution in [2.75, 3.05) is 13.6 Å². The predicted octanol–water partition coefficient (Wildman–Crippen LogP) is 1.00. The molecule has 0 saturated heterocycles. The number of hydrogen-bond acceptors (Lipinski definition) is 4. The molecule has 1 rings (SSSR count). The summed E-state index contributed by atoms with van der Waals surface area (Å²) in [5, 5.41) is 13.1. The van der Waals surface area contributed by atoms with Crippen LogP contribution in [0.15, 0.2) is 6.20 Å². The lowest BCUT2D eigenvalue weighted by Crippen LogP contribution is -2.16. The number of rotatable bonds is 3. The van der Waals surface area contributed by atoms with Gasteiger partial charge in [-0.1, -0.05) is 0 Å². The lowest BCUT2D eigenvalue weighted by Gasteiger charge is -2.04. The fourth-order valence-corrected chi connectivity index (χ4v) is 2.15. The van der Waals surface area contributed by atoms with Crippen molar-refractivity contribution in [3.63, 3.8) is 0 Å². The molecular weight excluding hydrogens is 275 g/mol. The van der Waals surface area contributed by atoms with Crippen molar-refractivity contribution in [2.24, 2.45) is 0 Å². The number of halogens is 1. The van der Waals surface area contributed by atoms with Crippen molar-refractivity contribution in [1.82, 2.24) is 10.3 Å². The lowest BCUT2D eigenvalue weighted by atomic mass is 10.4. The molecule has 5 heteroatoms. The van der Waals surface area contributed by atoms with Crippen LogP contribution in [-0.4, -0.2) is 23.7 Å². The van der Waals surface area contributed by atoms with Crippen LogP contribution < -0.4 is 5.32 Å². The van der Waals surface area contributed by atoms with Crippen molar-refractivity contribution in [3.8, 4) is 0 Å². The Kier molecular flexibility index (Phi) is 3.70. The van der Waals surface area contributed by atoms with Gasteiger partial charge < -0.3 is 10.4 Å². The average Bonchev–Trinajstić information content (AvgIpc) is 2.36. The molecule has 0 aliphatic carbocycles. The Labute approximate surface area is 83.0 Å². The molecule has 0 amide bonds. The average molecular weight is 284 g/mol. The Morgan fingerprint density at radius 1 is 1.91 bits per heavy atom. The third kappa shape index (κ3) is 2.66. The van der Waals surface area contributed by atoms with Crippen molar-refractivity contribution in [2.45, 2.75) is 6.10 Å². The molecule has 3 nitrogen and oxygen atoms in total. The minimum absolute atomic E-state index is 0.464. The summed E-state index contributed by atoms with van der Waals surface area (Å²) < 4.78 is 1.10. The van der Waals surface area contributed by atoms with E-state index in [1.54, 1.807) is 6.20 Å². The van der Waals surface area contributed by atoms with Crippen molar-refractivity contribution in [1.29, 1.82) is 0 Å². The van der Waals surface area contributed by atoms with Crippen LogP contribution in [0, 0.1) is 2.88 Å². The highest BCUT2D eigenvalue weighted by molar-refractivity contribution is 14.1. The van der Waals surface area contributed by atoms with Gasteiger partial charge in [0.25, 0.3) is 0 Å². The largest absolute Gasteiger partial charge is 0.385 e. The van der Waals surface area contributed by atoms with Crippen LogP contribution in [0.3, 0.4) is 0 Å². The maximum Gasteiger partial charge on any atom is 0.124 e. The third-order valence-electron chi connectivity index (χ3n) is 1.18. The van der Waals surface area contributed by atoms with Crippen molar-refractivity contribution < 1.29 is 5.11 Å². The van der Waals surface area contributed by atoms with Gasteiger partial charge in [0.1, 0.15) is 11.1 Å². The van der Waals surface area contributed by atoms with E-state index in [-0.39, 0.29) is 0 Å². The molecular formula is C6H9IN2OS. The molecule has 0 radical (unpaired) electrons. The smallest absolute Gasteiger partial charge is 0.124 e. The molecule has 0 bridgehead atoms.